The van der Waals surface area contributed by atoms with Gasteiger partial charge in [-0.1, -0.05) is 51.3 Å². The van der Waals surface area contributed by atoms with Crippen molar-refractivity contribution in [3.63, 3.8) is 0 Å². The van der Waals surface area contributed by atoms with E-state index in [0.29, 0.717) is 10.0 Å². The summed E-state index contributed by atoms with van der Waals surface area (Å²) in [4.78, 5) is 0. The number of aromatic nitrogens is 2. The molecule has 25 heavy (non-hydrogen) atoms. The lowest BCUT2D eigenvalue weighted by Crippen LogP contribution is -2.07. The standard InChI is InChI=1S/C19H16BrCl2N3/c20-13-6-4-12(5-7-13)18-17-3-1-2-8-23-19(17)25(24-18)16-10-14(21)9-15(22)11-16/h4-7,9-11,23H,1-3,8H2. The number of benzene rings is 2. The molecular weight excluding hydrogens is 421 g/mol. The molecule has 0 radical (unpaired) electrons. The summed E-state index contributed by atoms with van der Waals surface area (Å²) in [5, 5.41) is 9.65. The third-order valence-corrected chi connectivity index (χ3v) is 5.30. The summed E-state index contributed by atoms with van der Waals surface area (Å²) in [6, 6.07) is 13.8. The van der Waals surface area contributed by atoms with Crippen LogP contribution in [0.1, 0.15) is 18.4 Å². The first kappa shape index (κ1) is 17.0. The van der Waals surface area contributed by atoms with Gasteiger partial charge in [-0.05, 0) is 49.6 Å². The Kier molecular flexibility index (Phi) is 4.76. The molecule has 0 saturated carbocycles. The highest BCUT2D eigenvalue weighted by atomic mass is 79.9. The summed E-state index contributed by atoms with van der Waals surface area (Å²) < 4.78 is 2.98. The van der Waals surface area contributed by atoms with Gasteiger partial charge in [0.25, 0.3) is 0 Å². The molecule has 0 unspecified atom stereocenters. The van der Waals surface area contributed by atoms with Gasteiger partial charge in [-0.2, -0.15) is 5.10 Å². The average Bonchev–Trinajstić information content (AvgIpc) is 2.77. The van der Waals surface area contributed by atoms with Gasteiger partial charge in [0.05, 0.1) is 11.4 Å². The van der Waals surface area contributed by atoms with Gasteiger partial charge in [-0.15, -0.1) is 0 Å². The van der Waals surface area contributed by atoms with Crippen molar-refractivity contribution in [3.05, 3.63) is 62.5 Å². The Morgan fingerprint density at radius 2 is 1.72 bits per heavy atom. The number of fused-ring (bicyclic) bond motifs is 1. The highest BCUT2D eigenvalue weighted by Gasteiger charge is 2.22. The van der Waals surface area contributed by atoms with E-state index in [2.05, 4.69) is 33.4 Å². The molecular formula is C19H16BrCl2N3. The van der Waals surface area contributed by atoms with Crippen molar-refractivity contribution in [3.8, 4) is 16.9 Å². The Morgan fingerprint density at radius 3 is 2.44 bits per heavy atom. The maximum absolute atomic E-state index is 6.21. The molecule has 0 bridgehead atoms. The molecule has 0 aliphatic carbocycles. The normalized spacial score (nSPS) is 13.9. The lowest BCUT2D eigenvalue weighted by atomic mass is 10.0. The van der Waals surface area contributed by atoms with Crippen LogP contribution in [0.15, 0.2) is 46.9 Å². The van der Waals surface area contributed by atoms with Crippen LogP contribution in [-0.4, -0.2) is 16.3 Å². The Bertz CT molecular complexity index is 899. The van der Waals surface area contributed by atoms with Gasteiger partial charge in [-0.3, -0.25) is 0 Å². The van der Waals surface area contributed by atoms with E-state index >= 15 is 0 Å². The Hall–Kier alpha value is -1.49. The first-order valence-electron chi connectivity index (χ1n) is 8.20. The van der Waals surface area contributed by atoms with Crippen molar-refractivity contribution in [2.75, 3.05) is 11.9 Å². The summed E-state index contributed by atoms with van der Waals surface area (Å²) in [6.45, 7) is 0.937. The first-order chi connectivity index (χ1) is 12.1. The van der Waals surface area contributed by atoms with E-state index in [4.69, 9.17) is 28.3 Å². The quantitative estimate of drug-likeness (QED) is 0.506. The largest absolute Gasteiger partial charge is 0.370 e. The SMILES string of the molecule is Clc1cc(Cl)cc(-n2nc(-c3ccc(Br)cc3)c3c2NCCCC3)c1. The van der Waals surface area contributed by atoms with Gasteiger partial charge < -0.3 is 5.32 Å². The van der Waals surface area contributed by atoms with Crippen molar-refractivity contribution >= 4 is 44.9 Å². The Labute approximate surface area is 165 Å². The predicted molar refractivity (Wildman–Crippen MR) is 108 cm³/mol. The van der Waals surface area contributed by atoms with Gasteiger partial charge in [-0.25, -0.2) is 4.68 Å². The van der Waals surface area contributed by atoms with Gasteiger partial charge in [0, 0.05) is 32.2 Å². The van der Waals surface area contributed by atoms with E-state index in [9.17, 15) is 0 Å². The molecule has 4 rings (SSSR count). The molecule has 0 amide bonds. The number of nitrogens with zero attached hydrogens (tertiary/aromatic N) is 2. The highest BCUT2D eigenvalue weighted by Crippen LogP contribution is 2.35. The zero-order chi connectivity index (χ0) is 17.4. The maximum Gasteiger partial charge on any atom is 0.133 e. The van der Waals surface area contributed by atoms with E-state index in [0.717, 1.165) is 53.0 Å². The second-order valence-electron chi connectivity index (χ2n) is 6.11. The number of anilines is 1. The third kappa shape index (κ3) is 3.43. The summed E-state index contributed by atoms with van der Waals surface area (Å²) in [5.41, 5.74) is 4.23. The molecule has 1 aliphatic heterocycles. The van der Waals surface area contributed by atoms with Crippen molar-refractivity contribution in [2.45, 2.75) is 19.3 Å². The van der Waals surface area contributed by atoms with Crippen molar-refractivity contribution < 1.29 is 0 Å². The van der Waals surface area contributed by atoms with Crippen LogP contribution < -0.4 is 5.32 Å². The molecule has 2 heterocycles. The topological polar surface area (TPSA) is 29.9 Å². The Morgan fingerprint density at radius 1 is 1.00 bits per heavy atom. The minimum atomic E-state index is 0.602. The van der Waals surface area contributed by atoms with Crippen LogP contribution in [0.3, 0.4) is 0 Å². The molecule has 0 saturated heterocycles. The number of hydrogen-bond donors (Lipinski definition) is 1. The number of halogens is 3. The lowest BCUT2D eigenvalue weighted by molar-refractivity contribution is 0.780. The van der Waals surface area contributed by atoms with Gasteiger partial charge in [0.2, 0.25) is 0 Å². The van der Waals surface area contributed by atoms with E-state index in [-0.39, 0.29) is 0 Å². The van der Waals surface area contributed by atoms with Crippen LogP contribution in [0.2, 0.25) is 10.0 Å². The Balaban J connectivity index is 1.91. The minimum absolute atomic E-state index is 0.602. The fraction of sp³-hybridized carbons (Fsp3) is 0.211. The van der Waals surface area contributed by atoms with E-state index in [1.807, 2.05) is 28.9 Å². The summed E-state index contributed by atoms with van der Waals surface area (Å²) in [6.07, 6.45) is 3.29. The first-order valence-corrected chi connectivity index (χ1v) is 9.75. The van der Waals surface area contributed by atoms with Crippen LogP contribution in [0.4, 0.5) is 5.82 Å². The van der Waals surface area contributed by atoms with E-state index in [1.165, 1.54) is 5.56 Å². The summed E-state index contributed by atoms with van der Waals surface area (Å²) in [7, 11) is 0. The molecule has 0 atom stereocenters. The number of hydrogen-bond acceptors (Lipinski definition) is 2. The molecule has 0 fully saturated rings. The molecule has 0 spiro atoms. The molecule has 6 heteroatoms. The zero-order valence-electron chi connectivity index (χ0n) is 13.4. The van der Waals surface area contributed by atoms with E-state index in [1.54, 1.807) is 6.07 Å². The monoisotopic (exact) mass is 435 g/mol. The highest BCUT2D eigenvalue weighted by molar-refractivity contribution is 9.10. The number of nitrogens with one attached hydrogen (secondary N) is 1. The molecule has 1 aliphatic rings. The fourth-order valence-electron chi connectivity index (χ4n) is 3.19. The predicted octanol–water partition coefficient (Wildman–Crippen LogP) is 6.36. The summed E-state index contributed by atoms with van der Waals surface area (Å²) in [5.74, 6) is 1.04. The average molecular weight is 437 g/mol. The third-order valence-electron chi connectivity index (χ3n) is 4.34. The van der Waals surface area contributed by atoms with Crippen molar-refractivity contribution in [1.29, 1.82) is 0 Å². The smallest absolute Gasteiger partial charge is 0.133 e. The number of rotatable bonds is 2. The second-order valence-corrected chi connectivity index (χ2v) is 7.89. The maximum atomic E-state index is 6.21. The fourth-order valence-corrected chi connectivity index (χ4v) is 3.97. The minimum Gasteiger partial charge on any atom is -0.370 e. The van der Waals surface area contributed by atoms with Crippen molar-refractivity contribution in [2.24, 2.45) is 0 Å². The second kappa shape index (κ2) is 7.02. The molecule has 1 N–H and O–H groups in total. The molecule has 2 aromatic carbocycles. The van der Waals surface area contributed by atoms with Gasteiger partial charge in [0.1, 0.15) is 5.82 Å². The molecule has 3 aromatic rings. The van der Waals surface area contributed by atoms with Crippen LogP contribution in [0, 0.1) is 0 Å². The van der Waals surface area contributed by atoms with Crippen LogP contribution in [0.25, 0.3) is 16.9 Å². The van der Waals surface area contributed by atoms with Gasteiger partial charge >= 0.3 is 0 Å². The molecule has 1 aromatic heterocycles. The molecule has 128 valence electrons. The molecule has 3 nitrogen and oxygen atoms in total. The van der Waals surface area contributed by atoms with Crippen molar-refractivity contribution in [1.82, 2.24) is 9.78 Å². The van der Waals surface area contributed by atoms with Gasteiger partial charge in [0.15, 0.2) is 0 Å². The van der Waals surface area contributed by atoms with E-state index < -0.39 is 0 Å². The van der Waals surface area contributed by atoms with Crippen LogP contribution in [0.5, 0.6) is 0 Å². The van der Waals surface area contributed by atoms with Crippen LogP contribution in [-0.2, 0) is 6.42 Å². The lowest BCUT2D eigenvalue weighted by Gasteiger charge is -2.10. The van der Waals surface area contributed by atoms with Crippen LogP contribution >= 0.6 is 39.1 Å². The zero-order valence-corrected chi connectivity index (χ0v) is 16.5. The summed E-state index contributed by atoms with van der Waals surface area (Å²) >= 11 is 15.9.